The number of allylic oxidation sites excluding steroid dienone is 1. The molecule has 0 atom stereocenters. The Balaban J connectivity index is 2.39. The van der Waals surface area contributed by atoms with Gasteiger partial charge in [0.2, 0.25) is 0 Å². The fourth-order valence-electron chi connectivity index (χ4n) is 1.33. The summed E-state index contributed by atoms with van der Waals surface area (Å²) in [5.41, 5.74) is 1.01. The van der Waals surface area contributed by atoms with Gasteiger partial charge in [-0.2, -0.15) is 0 Å². The third-order valence-corrected chi connectivity index (χ3v) is 2.13. The molecular weight excluding hydrogens is 164 g/mol. The van der Waals surface area contributed by atoms with Gasteiger partial charge in [-0.15, -0.1) is 0 Å². The molecule has 0 fully saturated rings. The Hall–Kier alpha value is -1.01. The number of hydrogen-bond donors (Lipinski definition) is 0. The minimum Gasteiger partial charge on any atom is -0.571 e. The summed E-state index contributed by atoms with van der Waals surface area (Å²) in [5, 5.41) is 11.0. The molecule has 13 heavy (non-hydrogen) atoms. The van der Waals surface area contributed by atoms with Crippen molar-refractivity contribution in [2.75, 3.05) is 6.61 Å². The van der Waals surface area contributed by atoms with E-state index in [4.69, 9.17) is 4.74 Å². The Bertz CT molecular complexity index is 194. The summed E-state index contributed by atoms with van der Waals surface area (Å²) in [4.78, 5) is 0. The van der Waals surface area contributed by atoms with Crippen LogP contribution in [-0.2, 0) is 4.74 Å². The van der Waals surface area contributed by atoms with Gasteiger partial charge >= 0.3 is 5.95 Å². The summed E-state index contributed by atoms with van der Waals surface area (Å²) in [5.74, 6) is -0.317. The highest BCUT2D eigenvalue weighted by Gasteiger charge is 2.03. The van der Waals surface area contributed by atoms with E-state index in [1.807, 2.05) is 0 Å². The van der Waals surface area contributed by atoms with Crippen molar-refractivity contribution in [3.05, 3.63) is 24.2 Å². The summed E-state index contributed by atoms with van der Waals surface area (Å²) in [6.45, 7) is 4.22. The third-order valence-electron chi connectivity index (χ3n) is 2.13. The van der Waals surface area contributed by atoms with Crippen LogP contribution in [0.4, 0.5) is 0 Å². The summed E-state index contributed by atoms with van der Waals surface area (Å²) >= 11 is 0. The van der Waals surface area contributed by atoms with Gasteiger partial charge in [0.1, 0.15) is 0 Å². The molecule has 0 aromatic heterocycles. The molecule has 0 amide bonds. The van der Waals surface area contributed by atoms with Crippen molar-refractivity contribution in [3.63, 3.8) is 0 Å². The lowest BCUT2D eigenvalue weighted by Gasteiger charge is -2.09. The monoisotopic (exact) mass is 180 g/mol. The highest BCUT2D eigenvalue weighted by Crippen LogP contribution is 2.12. The van der Waals surface area contributed by atoms with Gasteiger partial charge in [-0.25, -0.2) is 0 Å². The second kappa shape index (κ2) is 5.60. The molecule has 1 aliphatic rings. The summed E-state index contributed by atoms with van der Waals surface area (Å²) in [6.07, 6.45) is 9.00. The smallest absolute Gasteiger partial charge is 0.321 e. The molecule has 0 saturated heterocycles. The van der Waals surface area contributed by atoms with E-state index >= 15 is 0 Å². The minimum absolute atomic E-state index is 0.317. The van der Waals surface area contributed by atoms with Gasteiger partial charge in [-0.1, -0.05) is 18.6 Å². The van der Waals surface area contributed by atoms with Crippen LogP contribution in [0.5, 0.6) is 0 Å². The minimum atomic E-state index is -0.317. The second-order valence-electron chi connectivity index (χ2n) is 3.42. The third kappa shape index (κ3) is 4.54. The maximum absolute atomic E-state index is 11.0. The molecule has 0 aromatic rings. The molecular formula is C11H16O2. The molecule has 72 valence electrons. The van der Waals surface area contributed by atoms with Gasteiger partial charge in [-0.3, -0.25) is 0 Å². The van der Waals surface area contributed by atoms with E-state index in [1.54, 1.807) is 0 Å². The Morgan fingerprint density at radius 1 is 1.23 bits per heavy atom. The van der Waals surface area contributed by atoms with Crippen LogP contribution in [-0.4, -0.2) is 6.61 Å². The molecule has 0 aromatic carbocycles. The molecule has 0 saturated carbocycles. The molecule has 0 unspecified atom stereocenters. The van der Waals surface area contributed by atoms with E-state index in [9.17, 15) is 5.11 Å². The van der Waals surface area contributed by atoms with Crippen molar-refractivity contribution in [2.24, 2.45) is 0 Å². The van der Waals surface area contributed by atoms with Crippen LogP contribution in [0.1, 0.15) is 38.5 Å². The zero-order valence-electron chi connectivity index (χ0n) is 7.97. The molecule has 0 N–H and O–H groups in total. The topological polar surface area (TPSA) is 32.3 Å². The van der Waals surface area contributed by atoms with Crippen LogP contribution in [0.25, 0.3) is 0 Å². The normalized spacial score (nSPS) is 20.6. The maximum Gasteiger partial charge on any atom is 0.321 e. The lowest BCUT2D eigenvalue weighted by atomic mass is 10.1. The quantitative estimate of drug-likeness (QED) is 0.421. The molecule has 0 radical (unpaired) electrons. The van der Waals surface area contributed by atoms with Crippen molar-refractivity contribution < 1.29 is 9.84 Å². The standard InChI is InChI=1S/C11H16O2/c1-10-7-5-3-2-4-6-8-11(12)13-9-10/h1-7,9H2. The summed E-state index contributed by atoms with van der Waals surface area (Å²) < 4.78 is 4.94. The van der Waals surface area contributed by atoms with Gasteiger partial charge in [-0.05, 0) is 25.7 Å². The first-order valence-electron chi connectivity index (χ1n) is 4.86. The SMILES string of the molecule is C=C1CCCCCC[C+]=C([O-])OC1. The molecule has 0 spiro atoms. The van der Waals surface area contributed by atoms with E-state index in [-0.39, 0.29) is 5.95 Å². The fraction of sp³-hybridized carbons (Fsp3) is 0.636. The van der Waals surface area contributed by atoms with Gasteiger partial charge in [0.25, 0.3) is 6.08 Å². The van der Waals surface area contributed by atoms with Crippen molar-refractivity contribution in [1.82, 2.24) is 0 Å². The Morgan fingerprint density at radius 2 is 2.00 bits per heavy atom. The average Bonchev–Trinajstić information content (AvgIpc) is 2.15. The number of hydrogen-bond acceptors (Lipinski definition) is 2. The van der Waals surface area contributed by atoms with Crippen LogP contribution >= 0.6 is 0 Å². The van der Waals surface area contributed by atoms with Gasteiger partial charge in [0, 0.05) is 6.61 Å². The fourth-order valence-corrected chi connectivity index (χ4v) is 1.33. The molecule has 1 aliphatic heterocycles. The van der Waals surface area contributed by atoms with Crippen LogP contribution in [0.15, 0.2) is 18.1 Å². The van der Waals surface area contributed by atoms with Gasteiger partial charge in [0.05, 0.1) is 0 Å². The van der Waals surface area contributed by atoms with E-state index in [0.717, 1.165) is 31.3 Å². The molecule has 0 aliphatic carbocycles. The first-order chi connectivity index (χ1) is 6.29. The van der Waals surface area contributed by atoms with E-state index in [2.05, 4.69) is 12.7 Å². The van der Waals surface area contributed by atoms with Crippen molar-refractivity contribution in [2.45, 2.75) is 38.5 Å². The van der Waals surface area contributed by atoms with E-state index in [1.165, 1.54) is 12.8 Å². The predicted octanol–water partition coefficient (Wildman–Crippen LogP) is 1.92. The van der Waals surface area contributed by atoms with Crippen LogP contribution < -0.4 is 5.11 Å². The highest BCUT2D eigenvalue weighted by atomic mass is 16.6. The Kier molecular flexibility index (Phi) is 4.34. The predicted molar refractivity (Wildman–Crippen MR) is 49.6 cm³/mol. The van der Waals surface area contributed by atoms with Gasteiger partial charge in [0.15, 0.2) is 6.42 Å². The van der Waals surface area contributed by atoms with Crippen LogP contribution in [0, 0.1) is 6.08 Å². The number of ether oxygens (including phenoxy) is 1. The largest absolute Gasteiger partial charge is 0.571 e. The van der Waals surface area contributed by atoms with Crippen LogP contribution in [0.3, 0.4) is 0 Å². The van der Waals surface area contributed by atoms with E-state index in [0.29, 0.717) is 6.61 Å². The lowest BCUT2D eigenvalue weighted by molar-refractivity contribution is -0.357. The summed E-state index contributed by atoms with van der Waals surface area (Å²) in [6, 6.07) is 0. The molecule has 0 bridgehead atoms. The molecule has 2 heteroatoms. The highest BCUT2D eigenvalue weighted by molar-refractivity contribution is 4.95. The maximum atomic E-state index is 11.0. The molecule has 2 nitrogen and oxygen atoms in total. The van der Waals surface area contributed by atoms with Crippen molar-refractivity contribution in [3.8, 4) is 0 Å². The number of rotatable bonds is 0. The second-order valence-corrected chi connectivity index (χ2v) is 3.42. The molecule has 1 rings (SSSR count). The lowest BCUT2D eigenvalue weighted by Crippen LogP contribution is -2.10. The Morgan fingerprint density at radius 3 is 2.85 bits per heavy atom. The first kappa shape index (κ1) is 10.1. The summed E-state index contributed by atoms with van der Waals surface area (Å²) in [7, 11) is 0. The first-order valence-corrected chi connectivity index (χ1v) is 4.86. The average molecular weight is 180 g/mol. The Labute approximate surface area is 79.9 Å². The van der Waals surface area contributed by atoms with Crippen molar-refractivity contribution in [1.29, 1.82) is 0 Å². The van der Waals surface area contributed by atoms with Gasteiger partial charge < -0.3 is 9.84 Å². The molecule has 1 heterocycles. The van der Waals surface area contributed by atoms with E-state index < -0.39 is 0 Å². The zero-order chi connectivity index (χ0) is 9.52. The van der Waals surface area contributed by atoms with Crippen molar-refractivity contribution >= 4 is 0 Å². The van der Waals surface area contributed by atoms with Crippen LogP contribution in [0.2, 0.25) is 0 Å². The zero-order valence-corrected chi connectivity index (χ0v) is 7.97.